The van der Waals surface area contributed by atoms with Crippen molar-refractivity contribution < 1.29 is 15.0 Å². The summed E-state index contributed by atoms with van der Waals surface area (Å²) in [7, 11) is 0. The van der Waals surface area contributed by atoms with E-state index in [1.807, 2.05) is 0 Å². The van der Waals surface area contributed by atoms with Gasteiger partial charge in [-0.15, -0.1) is 0 Å². The van der Waals surface area contributed by atoms with Crippen LogP contribution in [0.5, 0.6) is 5.75 Å². The highest BCUT2D eigenvalue weighted by molar-refractivity contribution is 5.87. The molecule has 1 aliphatic carbocycles. The number of H-pyrrole nitrogens is 1. The Labute approximate surface area is 164 Å². The third kappa shape index (κ3) is 5.25. The second-order valence-electron chi connectivity index (χ2n) is 7.52. The van der Waals surface area contributed by atoms with Gasteiger partial charge in [0.15, 0.2) is 0 Å². The van der Waals surface area contributed by atoms with Crippen molar-refractivity contribution in [2.45, 2.75) is 51.0 Å². The number of aromatic amines is 1. The molecule has 1 saturated carbocycles. The van der Waals surface area contributed by atoms with E-state index in [4.69, 9.17) is 0 Å². The van der Waals surface area contributed by atoms with Crippen molar-refractivity contribution in [2.24, 2.45) is 0 Å². The first-order valence-corrected chi connectivity index (χ1v) is 10.1. The molecule has 1 aromatic carbocycles. The number of phenols is 1. The third-order valence-electron chi connectivity index (χ3n) is 5.55. The molecule has 152 valence electrons. The number of carbonyl (C=O) groups is 1. The van der Waals surface area contributed by atoms with Crippen LogP contribution in [0.1, 0.15) is 44.1 Å². The molecule has 1 amide bonds. The fourth-order valence-electron chi connectivity index (χ4n) is 3.96. The van der Waals surface area contributed by atoms with Gasteiger partial charge in [-0.1, -0.05) is 31.7 Å². The predicted molar refractivity (Wildman–Crippen MR) is 109 cm³/mol. The summed E-state index contributed by atoms with van der Waals surface area (Å²) in [5.41, 5.74) is 1.01. The molecule has 28 heavy (non-hydrogen) atoms. The monoisotopic (exact) mass is 387 g/mol. The molecular weight excluding hydrogens is 358 g/mol. The van der Waals surface area contributed by atoms with Gasteiger partial charge in [0.25, 0.3) is 0 Å². The number of benzene rings is 1. The Bertz CT molecular complexity index is 856. The number of fused-ring (bicyclic) bond motifs is 1. The zero-order valence-corrected chi connectivity index (χ0v) is 16.1. The second-order valence-corrected chi connectivity index (χ2v) is 7.52. The molecular formula is C21H29N3O4. The molecule has 0 saturated heterocycles. The maximum atomic E-state index is 11.6. The average Bonchev–Trinajstić information content (AvgIpc) is 2.94. The highest BCUT2D eigenvalue weighted by atomic mass is 16.4. The molecule has 1 heterocycles. The van der Waals surface area contributed by atoms with Crippen molar-refractivity contribution in [1.29, 1.82) is 0 Å². The summed E-state index contributed by atoms with van der Waals surface area (Å²) in [4.78, 5) is 27.2. The zero-order chi connectivity index (χ0) is 19.9. The third-order valence-corrected chi connectivity index (χ3v) is 5.55. The summed E-state index contributed by atoms with van der Waals surface area (Å²) in [6.07, 6.45) is 7.01. The van der Waals surface area contributed by atoms with E-state index in [1.54, 1.807) is 12.1 Å². The Morgan fingerprint density at radius 2 is 1.86 bits per heavy atom. The highest BCUT2D eigenvalue weighted by Gasteiger charge is 2.15. The average molecular weight is 387 g/mol. The van der Waals surface area contributed by atoms with E-state index < -0.39 is 6.09 Å². The van der Waals surface area contributed by atoms with Crippen molar-refractivity contribution in [1.82, 2.24) is 15.2 Å². The number of hydrogen-bond acceptors (Lipinski definition) is 4. The van der Waals surface area contributed by atoms with Crippen LogP contribution in [0.15, 0.2) is 29.1 Å². The molecule has 1 aliphatic rings. The number of aromatic hydroxyl groups is 1. The SMILES string of the molecule is O=C(O)N(CCNC1CCCCCC1)CCc1ccc(O)c2[nH]c(=O)ccc12. The van der Waals surface area contributed by atoms with Gasteiger partial charge in [-0.2, -0.15) is 0 Å². The van der Waals surface area contributed by atoms with Crippen LogP contribution in [0.25, 0.3) is 10.9 Å². The Hall–Kier alpha value is -2.54. The predicted octanol–water partition coefficient (Wildman–Crippen LogP) is 3.07. The number of carboxylic acid groups (broad SMARTS) is 1. The summed E-state index contributed by atoms with van der Waals surface area (Å²) < 4.78 is 0. The van der Waals surface area contributed by atoms with Crippen LogP contribution < -0.4 is 10.9 Å². The largest absolute Gasteiger partial charge is 0.506 e. The van der Waals surface area contributed by atoms with Crippen molar-refractivity contribution in [3.63, 3.8) is 0 Å². The Morgan fingerprint density at radius 1 is 1.11 bits per heavy atom. The first-order valence-electron chi connectivity index (χ1n) is 10.1. The zero-order valence-electron chi connectivity index (χ0n) is 16.1. The number of amides is 1. The van der Waals surface area contributed by atoms with E-state index in [-0.39, 0.29) is 11.3 Å². The summed E-state index contributed by atoms with van der Waals surface area (Å²) in [5, 5.41) is 23.7. The molecule has 7 nitrogen and oxygen atoms in total. The van der Waals surface area contributed by atoms with E-state index in [2.05, 4.69) is 10.3 Å². The molecule has 1 aromatic heterocycles. The molecule has 7 heteroatoms. The summed E-state index contributed by atoms with van der Waals surface area (Å²) in [5.74, 6) is 0.0131. The van der Waals surface area contributed by atoms with E-state index in [1.165, 1.54) is 55.6 Å². The fourth-order valence-corrected chi connectivity index (χ4v) is 3.96. The van der Waals surface area contributed by atoms with Gasteiger partial charge in [0, 0.05) is 37.1 Å². The highest BCUT2D eigenvalue weighted by Crippen LogP contribution is 2.25. The topological polar surface area (TPSA) is 106 Å². The minimum absolute atomic E-state index is 0.0131. The normalized spacial score (nSPS) is 15.4. The molecule has 0 unspecified atom stereocenters. The van der Waals surface area contributed by atoms with Gasteiger partial charge in [-0.25, -0.2) is 4.79 Å². The van der Waals surface area contributed by atoms with E-state index in [0.717, 1.165) is 10.9 Å². The molecule has 0 spiro atoms. The number of rotatable bonds is 7. The Balaban J connectivity index is 1.59. The molecule has 0 bridgehead atoms. The molecule has 0 aliphatic heterocycles. The van der Waals surface area contributed by atoms with Crippen LogP contribution in [-0.4, -0.2) is 51.9 Å². The number of pyridine rings is 1. The minimum atomic E-state index is -0.931. The Kier molecular flexibility index (Phi) is 6.92. The maximum Gasteiger partial charge on any atom is 0.407 e. The van der Waals surface area contributed by atoms with Crippen LogP contribution in [0.2, 0.25) is 0 Å². The summed E-state index contributed by atoms with van der Waals surface area (Å²) in [6, 6.07) is 6.89. The lowest BCUT2D eigenvalue weighted by Gasteiger charge is -2.22. The number of nitrogens with zero attached hydrogens (tertiary/aromatic N) is 1. The lowest BCUT2D eigenvalue weighted by molar-refractivity contribution is 0.145. The molecule has 0 radical (unpaired) electrons. The van der Waals surface area contributed by atoms with E-state index in [0.29, 0.717) is 37.6 Å². The number of nitrogens with one attached hydrogen (secondary N) is 2. The van der Waals surface area contributed by atoms with Crippen LogP contribution in [0.4, 0.5) is 4.79 Å². The van der Waals surface area contributed by atoms with Crippen molar-refractivity contribution in [2.75, 3.05) is 19.6 Å². The lowest BCUT2D eigenvalue weighted by Crippen LogP contribution is -2.40. The van der Waals surface area contributed by atoms with Crippen LogP contribution in [0.3, 0.4) is 0 Å². The molecule has 3 rings (SSSR count). The van der Waals surface area contributed by atoms with Crippen molar-refractivity contribution in [3.05, 3.63) is 40.2 Å². The van der Waals surface area contributed by atoms with Gasteiger partial charge in [0.1, 0.15) is 5.75 Å². The van der Waals surface area contributed by atoms with Gasteiger partial charge in [0.05, 0.1) is 5.52 Å². The molecule has 1 fully saturated rings. The first-order chi connectivity index (χ1) is 13.5. The van der Waals surface area contributed by atoms with Gasteiger partial charge >= 0.3 is 6.09 Å². The quantitative estimate of drug-likeness (QED) is 0.547. The van der Waals surface area contributed by atoms with Crippen molar-refractivity contribution in [3.8, 4) is 5.75 Å². The van der Waals surface area contributed by atoms with Gasteiger partial charge in [0.2, 0.25) is 5.56 Å². The summed E-state index contributed by atoms with van der Waals surface area (Å²) in [6.45, 7) is 1.46. The molecule has 4 N–H and O–H groups in total. The fraction of sp³-hybridized carbons (Fsp3) is 0.524. The van der Waals surface area contributed by atoms with Crippen molar-refractivity contribution >= 4 is 17.0 Å². The second kappa shape index (κ2) is 9.59. The van der Waals surface area contributed by atoms with Gasteiger partial charge in [-0.05, 0) is 37.0 Å². The number of hydrogen-bond donors (Lipinski definition) is 4. The molecule has 0 atom stereocenters. The van der Waals surface area contributed by atoms with Crippen LogP contribution in [0, 0.1) is 0 Å². The van der Waals surface area contributed by atoms with Crippen LogP contribution in [-0.2, 0) is 6.42 Å². The lowest BCUT2D eigenvalue weighted by atomic mass is 10.0. The smallest absolute Gasteiger partial charge is 0.407 e. The van der Waals surface area contributed by atoms with Gasteiger partial charge in [-0.3, -0.25) is 4.79 Å². The Morgan fingerprint density at radius 3 is 2.57 bits per heavy atom. The standard InChI is InChI=1S/C21H29N3O4/c25-18-9-7-15(17-8-10-19(26)23-20(17)18)11-13-24(21(27)28)14-12-22-16-5-3-1-2-4-6-16/h7-10,16,22,25H,1-6,11-14H2,(H,23,26)(H,27,28). The summed E-state index contributed by atoms with van der Waals surface area (Å²) >= 11 is 0. The number of aromatic nitrogens is 1. The van der Waals surface area contributed by atoms with E-state index >= 15 is 0 Å². The first kappa shape index (κ1) is 20.2. The van der Waals surface area contributed by atoms with E-state index in [9.17, 15) is 19.8 Å². The van der Waals surface area contributed by atoms with Gasteiger partial charge < -0.3 is 25.4 Å². The maximum absolute atomic E-state index is 11.6. The number of phenolic OH excluding ortho intramolecular Hbond substituents is 1. The molecule has 2 aromatic rings. The minimum Gasteiger partial charge on any atom is -0.506 e. The van der Waals surface area contributed by atoms with Crippen LogP contribution >= 0.6 is 0 Å².